The van der Waals surface area contributed by atoms with Gasteiger partial charge in [0.1, 0.15) is 0 Å². The number of carboxylic acid groups (broad SMARTS) is 1. The summed E-state index contributed by atoms with van der Waals surface area (Å²) in [6.07, 6.45) is 5.89. The Balaban J connectivity index is 1.67. The molecule has 2 N–H and O–H groups in total. The first-order valence-corrected chi connectivity index (χ1v) is 8.09. The summed E-state index contributed by atoms with van der Waals surface area (Å²) in [4.78, 5) is 27.0. The number of carboxylic acids is 1. The average molecular weight is 297 g/mol. The van der Waals surface area contributed by atoms with Crippen molar-refractivity contribution in [3.8, 4) is 0 Å². The van der Waals surface area contributed by atoms with E-state index in [9.17, 15) is 9.59 Å². The van der Waals surface area contributed by atoms with Crippen molar-refractivity contribution in [3.05, 3.63) is 0 Å². The first-order valence-electron chi connectivity index (χ1n) is 8.09. The summed E-state index contributed by atoms with van der Waals surface area (Å²) in [6, 6.07) is 0.386. The van der Waals surface area contributed by atoms with Crippen LogP contribution in [0, 0.1) is 0 Å². The van der Waals surface area contributed by atoms with Gasteiger partial charge in [-0.25, -0.2) is 0 Å². The van der Waals surface area contributed by atoms with Gasteiger partial charge in [-0.1, -0.05) is 12.8 Å². The Morgan fingerprint density at radius 3 is 2.38 bits per heavy atom. The minimum atomic E-state index is -0.743. The van der Waals surface area contributed by atoms with E-state index in [2.05, 4.69) is 15.1 Å². The number of hydrogen-bond donors (Lipinski definition) is 2. The predicted molar refractivity (Wildman–Crippen MR) is 80.1 cm³/mol. The zero-order chi connectivity index (χ0) is 15.1. The van der Waals surface area contributed by atoms with Crippen LogP contribution in [0.1, 0.15) is 38.5 Å². The highest BCUT2D eigenvalue weighted by Crippen LogP contribution is 2.17. The molecule has 2 fully saturated rings. The van der Waals surface area contributed by atoms with Gasteiger partial charge in [0.25, 0.3) is 0 Å². The first-order chi connectivity index (χ1) is 10.1. The van der Waals surface area contributed by atoms with Gasteiger partial charge in [-0.15, -0.1) is 0 Å². The van der Waals surface area contributed by atoms with Crippen LogP contribution in [0.4, 0.5) is 0 Å². The number of aliphatic carboxylic acids is 1. The van der Waals surface area contributed by atoms with Crippen LogP contribution < -0.4 is 5.32 Å². The molecule has 0 aromatic rings. The molecular weight excluding hydrogens is 270 g/mol. The molecule has 1 saturated carbocycles. The molecule has 0 atom stereocenters. The Morgan fingerprint density at radius 2 is 1.67 bits per heavy atom. The lowest BCUT2D eigenvalue weighted by Gasteiger charge is -2.22. The standard InChI is InChI=1S/C15H27N3O3/c19-14(16-13-4-1-2-5-13)12-18-8-3-7-17(10-11-18)9-6-15(20)21/h13H,1-12H2,(H,16,19)(H,20,21). The van der Waals surface area contributed by atoms with Crippen LogP contribution in [0.15, 0.2) is 0 Å². The number of nitrogens with zero attached hydrogens (tertiary/aromatic N) is 2. The molecule has 0 spiro atoms. The summed E-state index contributed by atoms with van der Waals surface area (Å²) in [5.74, 6) is -0.604. The fraction of sp³-hybridized carbons (Fsp3) is 0.867. The first kappa shape index (κ1) is 16.2. The van der Waals surface area contributed by atoms with Gasteiger partial charge in [-0.05, 0) is 32.4 Å². The van der Waals surface area contributed by atoms with Gasteiger partial charge in [0.2, 0.25) is 5.91 Å². The van der Waals surface area contributed by atoms with E-state index >= 15 is 0 Å². The van der Waals surface area contributed by atoms with E-state index in [4.69, 9.17) is 5.11 Å². The lowest BCUT2D eigenvalue weighted by Crippen LogP contribution is -2.42. The Kier molecular flexibility index (Phi) is 6.45. The third-order valence-electron chi connectivity index (χ3n) is 4.41. The van der Waals surface area contributed by atoms with E-state index in [1.165, 1.54) is 12.8 Å². The second-order valence-corrected chi connectivity index (χ2v) is 6.16. The highest BCUT2D eigenvalue weighted by molar-refractivity contribution is 5.78. The van der Waals surface area contributed by atoms with E-state index in [1.54, 1.807) is 0 Å². The van der Waals surface area contributed by atoms with Gasteiger partial charge in [-0.2, -0.15) is 0 Å². The van der Waals surface area contributed by atoms with Crippen molar-refractivity contribution >= 4 is 11.9 Å². The lowest BCUT2D eigenvalue weighted by atomic mass is 10.2. The van der Waals surface area contributed by atoms with Gasteiger partial charge in [0, 0.05) is 25.7 Å². The van der Waals surface area contributed by atoms with Crippen LogP contribution >= 0.6 is 0 Å². The Hall–Kier alpha value is -1.14. The van der Waals surface area contributed by atoms with Crippen molar-refractivity contribution in [1.82, 2.24) is 15.1 Å². The highest BCUT2D eigenvalue weighted by Gasteiger charge is 2.20. The number of hydrogen-bond acceptors (Lipinski definition) is 4. The summed E-state index contributed by atoms with van der Waals surface area (Å²) < 4.78 is 0. The molecule has 0 bridgehead atoms. The molecule has 1 aliphatic heterocycles. The SMILES string of the molecule is O=C(O)CCN1CCCN(CC(=O)NC2CCCC2)CC1. The van der Waals surface area contributed by atoms with Crippen LogP contribution in [0.2, 0.25) is 0 Å². The molecule has 1 heterocycles. The van der Waals surface area contributed by atoms with Gasteiger partial charge >= 0.3 is 5.97 Å². The Morgan fingerprint density at radius 1 is 1.00 bits per heavy atom. The van der Waals surface area contributed by atoms with E-state index in [0.29, 0.717) is 19.1 Å². The number of rotatable bonds is 6. The smallest absolute Gasteiger partial charge is 0.304 e. The van der Waals surface area contributed by atoms with E-state index in [-0.39, 0.29) is 12.3 Å². The van der Waals surface area contributed by atoms with Crippen molar-refractivity contribution in [2.24, 2.45) is 0 Å². The predicted octanol–water partition coefficient (Wildman–Crippen LogP) is 0.528. The molecule has 6 nitrogen and oxygen atoms in total. The van der Waals surface area contributed by atoms with E-state index in [1.807, 2.05) is 0 Å². The minimum Gasteiger partial charge on any atom is -0.481 e. The van der Waals surface area contributed by atoms with Crippen molar-refractivity contribution in [2.45, 2.75) is 44.6 Å². The summed E-state index contributed by atoms with van der Waals surface area (Å²) >= 11 is 0. The summed E-state index contributed by atoms with van der Waals surface area (Å²) in [5, 5.41) is 11.9. The number of amides is 1. The second kappa shape index (κ2) is 8.34. The quantitative estimate of drug-likeness (QED) is 0.748. The molecule has 1 amide bonds. The third kappa shape index (κ3) is 6.01. The molecule has 0 radical (unpaired) electrons. The molecule has 1 saturated heterocycles. The zero-order valence-corrected chi connectivity index (χ0v) is 12.7. The topological polar surface area (TPSA) is 72.9 Å². The van der Waals surface area contributed by atoms with Gasteiger partial charge in [0.15, 0.2) is 0 Å². The van der Waals surface area contributed by atoms with Gasteiger partial charge in [0.05, 0.1) is 13.0 Å². The van der Waals surface area contributed by atoms with Crippen molar-refractivity contribution < 1.29 is 14.7 Å². The van der Waals surface area contributed by atoms with Crippen LogP contribution in [0.3, 0.4) is 0 Å². The third-order valence-corrected chi connectivity index (χ3v) is 4.41. The maximum absolute atomic E-state index is 12.0. The second-order valence-electron chi connectivity index (χ2n) is 6.16. The molecular formula is C15H27N3O3. The molecule has 0 unspecified atom stereocenters. The summed E-state index contributed by atoms with van der Waals surface area (Å²) in [6.45, 7) is 4.62. The fourth-order valence-corrected chi connectivity index (χ4v) is 3.21. The van der Waals surface area contributed by atoms with Crippen LogP contribution in [0.5, 0.6) is 0 Å². The van der Waals surface area contributed by atoms with Crippen molar-refractivity contribution in [1.29, 1.82) is 0 Å². The zero-order valence-electron chi connectivity index (χ0n) is 12.7. The van der Waals surface area contributed by atoms with Crippen molar-refractivity contribution in [3.63, 3.8) is 0 Å². The number of carbonyl (C=O) groups is 2. The van der Waals surface area contributed by atoms with E-state index in [0.717, 1.165) is 45.4 Å². The van der Waals surface area contributed by atoms with Crippen LogP contribution in [-0.4, -0.2) is 72.1 Å². The number of nitrogens with one attached hydrogen (secondary N) is 1. The molecule has 0 aromatic heterocycles. The average Bonchev–Trinajstić information content (AvgIpc) is 2.83. The summed E-state index contributed by atoms with van der Waals surface area (Å²) in [7, 11) is 0. The molecule has 120 valence electrons. The maximum atomic E-state index is 12.0. The Labute approximate surface area is 126 Å². The monoisotopic (exact) mass is 297 g/mol. The molecule has 0 aromatic carbocycles. The van der Waals surface area contributed by atoms with Crippen LogP contribution in [-0.2, 0) is 9.59 Å². The van der Waals surface area contributed by atoms with Crippen molar-refractivity contribution in [2.75, 3.05) is 39.3 Å². The molecule has 6 heteroatoms. The fourth-order valence-electron chi connectivity index (χ4n) is 3.21. The molecule has 21 heavy (non-hydrogen) atoms. The largest absolute Gasteiger partial charge is 0.481 e. The molecule has 1 aliphatic carbocycles. The van der Waals surface area contributed by atoms with Gasteiger partial charge in [-0.3, -0.25) is 14.5 Å². The van der Waals surface area contributed by atoms with E-state index < -0.39 is 5.97 Å². The van der Waals surface area contributed by atoms with Crippen LogP contribution in [0.25, 0.3) is 0 Å². The normalized spacial score (nSPS) is 22.1. The number of carbonyl (C=O) groups excluding carboxylic acids is 1. The maximum Gasteiger partial charge on any atom is 0.304 e. The molecule has 2 rings (SSSR count). The molecule has 2 aliphatic rings. The Bertz CT molecular complexity index is 356. The van der Waals surface area contributed by atoms with Gasteiger partial charge < -0.3 is 15.3 Å². The highest BCUT2D eigenvalue weighted by atomic mass is 16.4. The summed E-state index contributed by atoms with van der Waals surface area (Å²) in [5.41, 5.74) is 0. The minimum absolute atomic E-state index is 0.140. The lowest BCUT2D eigenvalue weighted by molar-refractivity contribution is -0.137.